The van der Waals surface area contributed by atoms with Crippen molar-refractivity contribution in [2.24, 2.45) is 0 Å². The van der Waals surface area contributed by atoms with Crippen molar-refractivity contribution in [3.05, 3.63) is 0 Å². The van der Waals surface area contributed by atoms with Crippen molar-refractivity contribution in [1.29, 1.82) is 0 Å². The standard InChI is InChI=1S/Ca.K.H2O4S.H/c;;1-5(2,3)4;/h;;(H2,1,2,3,4);/q+2;;;/p-2. The Kier molecular flexibility index (Phi) is 16.1. The molecule has 0 fully saturated rings. The first-order valence-electron chi connectivity index (χ1n) is 0.667. The minimum atomic E-state index is -5.17. The first kappa shape index (κ1) is 16.4. The fraction of sp³-hybridized carbons (Fsp3) is 0. The van der Waals surface area contributed by atoms with Crippen molar-refractivity contribution in [3.63, 3.8) is 0 Å². The molecule has 7 heavy (non-hydrogen) atoms. The van der Waals surface area contributed by atoms with E-state index >= 15 is 0 Å². The van der Waals surface area contributed by atoms with Crippen LogP contribution in [0.25, 0.3) is 0 Å². The first-order valence-corrected chi connectivity index (χ1v) is 2.00. The van der Waals surface area contributed by atoms with Gasteiger partial charge in [0.15, 0.2) is 0 Å². The molecule has 0 aliphatic rings. The van der Waals surface area contributed by atoms with E-state index in [-0.39, 0.29) is 89.1 Å². The van der Waals surface area contributed by atoms with E-state index in [9.17, 15) is 0 Å². The average Bonchev–Trinajstić information content (AvgIpc) is 0.722. The van der Waals surface area contributed by atoms with E-state index < -0.39 is 10.4 Å². The fourth-order valence-electron chi connectivity index (χ4n) is 0. The first-order chi connectivity index (χ1) is 2.00. The summed E-state index contributed by atoms with van der Waals surface area (Å²) in [4.78, 5) is 0. The molecule has 0 saturated heterocycles. The Morgan fingerprint density at radius 2 is 1.14 bits per heavy atom. The van der Waals surface area contributed by atoms with Crippen LogP contribution in [0.5, 0.6) is 0 Å². The van der Waals surface area contributed by atoms with Gasteiger partial charge in [0.1, 0.15) is 0 Å². The average molecular weight is 176 g/mol. The summed E-state index contributed by atoms with van der Waals surface area (Å²) in [6, 6.07) is 0. The number of hydrogen-bond donors (Lipinski definition) is 0. The predicted molar refractivity (Wildman–Crippen MR) is 23.4 cm³/mol. The predicted octanol–water partition coefficient (Wildman–Crippen LogP) is -2.37. The summed E-state index contributed by atoms with van der Waals surface area (Å²) in [7, 11) is -5.17. The van der Waals surface area contributed by atoms with Gasteiger partial charge >= 0.3 is 89.1 Å². The van der Waals surface area contributed by atoms with E-state index in [1.807, 2.05) is 0 Å². The molecule has 0 aromatic heterocycles. The van der Waals surface area contributed by atoms with E-state index in [1.54, 1.807) is 0 Å². The molecule has 0 rings (SSSR count). The van der Waals surface area contributed by atoms with Gasteiger partial charge in [-0.1, -0.05) is 0 Å². The summed E-state index contributed by atoms with van der Waals surface area (Å²) in [5, 5.41) is 0. The van der Waals surface area contributed by atoms with E-state index in [2.05, 4.69) is 0 Å². The van der Waals surface area contributed by atoms with Crippen LogP contribution in [0.4, 0.5) is 0 Å². The van der Waals surface area contributed by atoms with Crippen molar-refractivity contribution in [2.75, 3.05) is 0 Å². The molecule has 0 amide bonds. The quantitative estimate of drug-likeness (QED) is 0.235. The van der Waals surface area contributed by atoms with Gasteiger partial charge in [-0.3, -0.25) is 8.42 Å². The van der Waals surface area contributed by atoms with Gasteiger partial charge in [0.25, 0.3) is 0 Å². The van der Waals surface area contributed by atoms with Gasteiger partial charge in [0, 0.05) is 10.4 Å². The molecule has 0 unspecified atom stereocenters. The van der Waals surface area contributed by atoms with E-state index in [4.69, 9.17) is 17.5 Å². The van der Waals surface area contributed by atoms with Crippen molar-refractivity contribution in [3.8, 4) is 0 Å². The number of rotatable bonds is 0. The molecule has 0 aliphatic heterocycles. The Hall–Kier alpha value is 2.77. The van der Waals surface area contributed by atoms with Crippen LogP contribution < -0.4 is 0 Å². The molecular formula is HCaKO4S. The summed E-state index contributed by atoms with van der Waals surface area (Å²) in [5.41, 5.74) is 0. The van der Waals surface area contributed by atoms with Crippen LogP contribution >= 0.6 is 0 Å². The van der Waals surface area contributed by atoms with E-state index in [0.29, 0.717) is 0 Å². The summed E-state index contributed by atoms with van der Waals surface area (Å²) in [6.07, 6.45) is 0. The maximum absolute atomic E-state index is 8.52. The molecule has 0 aromatic carbocycles. The minimum absolute atomic E-state index is 0. The molecule has 0 spiro atoms. The van der Waals surface area contributed by atoms with E-state index in [1.165, 1.54) is 0 Å². The summed E-state index contributed by atoms with van der Waals surface area (Å²) in [6.45, 7) is 0. The molecule has 0 aromatic rings. The van der Waals surface area contributed by atoms with Crippen LogP contribution in [0.2, 0.25) is 0 Å². The molecule has 0 heterocycles. The molecule has 0 bridgehead atoms. The Morgan fingerprint density at radius 3 is 1.14 bits per heavy atom. The van der Waals surface area contributed by atoms with Crippen LogP contribution in [0, 0.1) is 0 Å². The SMILES string of the molecule is O=S(=O)([O-])[O-].[Ca+2].[KH]. The van der Waals surface area contributed by atoms with Gasteiger partial charge in [-0.25, -0.2) is 0 Å². The number of hydrogen-bond acceptors (Lipinski definition) is 4. The second-order valence-electron chi connectivity index (χ2n) is 0.408. The van der Waals surface area contributed by atoms with Crippen molar-refractivity contribution in [1.82, 2.24) is 0 Å². The molecule has 0 aliphatic carbocycles. The van der Waals surface area contributed by atoms with Gasteiger partial charge in [-0.15, -0.1) is 0 Å². The van der Waals surface area contributed by atoms with Gasteiger partial charge < -0.3 is 9.11 Å². The second kappa shape index (κ2) is 6.88. The van der Waals surface area contributed by atoms with Crippen molar-refractivity contribution < 1.29 is 17.5 Å². The monoisotopic (exact) mass is 176 g/mol. The van der Waals surface area contributed by atoms with Crippen LogP contribution in [0.3, 0.4) is 0 Å². The maximum atomic E-state index is 8.52. The van der Waals surface area contributed by atoms with Crippen LogP contribution in [-0.2, 0) is 10.4 Å². The van der Waals surface area contributed by atoms with Crippen LogP contribution in [-0.4, -0.2) is 107 Å². The molecule has 34 valence electrons. The van der Waals surface area contributed by atoms with Crippen LogP contribution in [0.1, 0.15) is 0 Å². The topological polar surface area (TPSA) is 80.3 Å². The second-order valence-corrected chi connectivity index (χ2v) is 1.22. The Balaban J connectivity index is -0.0000000800. The summed E-state index contributed by atoms with van der Waals surface area (Å²) in [5.74, 6) is 0. The molecule has 0 atom stereocenters. The van der Waals surface area contributed by atoms with E-state index in [0.717, 1.165) is 0 Å². The van der Waals surface area contributed by atoms with Crippen molar-refractivity contribution >= 4 is 99.5 Å². The zero-order chi connectivity index (χ0) is 4.50. The zero-order valence-electron chi connectivity index (χ0n) is 2.75. The molecule has 0 N–H and O–H groups in total. The summed E-state index contributed by atoms with van der Waals surface area (Å²) >= 11 is 0. The summed E-state index contributed by atoms with van der Waals surface area (Å²) < 4.78 is 34.1. The molecule has 0 saturated carbocycles. The molecular weight excluding hydrogens is 175 g/mol. The fourth-order valence-corrected chi connectivity index (χ4v) is 0. The van der Waals surface area contributed by atoms with Crippen molar-refractivity contribution in [2.45, 2.75) is 0 Å². The van der Waals surface area contributed by atoms with Gasteiger partial charge in [0.05, 0.1) is 0 Å². The zero-order valence-corrected chi connectivity index (χ0v) is 5.77. The third-order valence-electron chi connectivity index (χ3n) is 0. The van der Waals surface area contributed by atoms with Crippen LogP contribution in [0.15, 0.2) is 0 Å². The molecule has 0 radical (unpaired) electrons. The van der Waals surface area contributed by atoms with Gasteiger partial charge in [-0.2, -0.15) is 0 Å². The van der Waals surface area contributed by atoms with Gasteiger partial charge in [0.2, 0.25) is 0 Å². The molecule has 4 nitrogen and oxygen atoms in total. The van der Waals surface area contributed by atoms with Gasteiger partial charge in [-0.05, 0) is 0 Å². The Labute approximate surface area is 114 Å². The normalized spacial score (nSPS) is 8.29. The third kappa shape index (κ3) is 52.5. The third-order valence-corrected chi connectivity index (χ3v) is 0. The Bertz CT molecular complexity index is 94.9. The Morgan fingerprint density at radius 1 is 1.14 bits per heavy atom. The molecule has 7 heteroatoms.